The van der Waals surface area contributed by atoms with Crippen LogP contribution in [-0.2, 0) is 9.47 Å². The highest BCUT2D eigenvalue weighted by molar-refractivity contribution is 5.03. The average molecular weight is 439 g/mol. The number of halogens is 11. The predicted octanol–water partition coefficient (Wildman–Crippen LogP) is 4.03. The third-order valence-corrected chi connectivity index (χ3v) is 4.79. The second kappa shape index (κ2) is 7.74. The zero-order valence-electron chi connectivity index (χ0n) is 14.0. The zero-order chi connectivity index (χ0) is 21.5. The molecule has 14 heteroatoms. The van der Waals surface area contributed by atoms with Gasteiger partial charge in [0.15, 0.2) is 6.30 Å². The lowest BCUT2D eigenvalue weighted by Gasteiger charge is -2.46. The molecule has 0 N–H and O–H groups in total. The van der Waals surface area contributed by atoms with Gasteiger partial charge in [0, 0.05) is 13.1 Å². The fourth-order valence-electron chi connectivity index (χ4n) is 3.26. The van der Waals surface area contributed by atoms with E-state index in [9.17, 15) is 48.3 Å². The third-order valence-electron chi connectivity index (χ3n) is 4.79. The molecule has 166 valence electrons. The first-order chi connectivity index (χ1) is 12.6. The van der Waals surface area contributed by atoms with Crippen LogP contribution in [0.1, 0.15) is 6.42 Å². The number of nitrogens with zero attached hydrogens (tertiary/aromatic N) is 1. The van der Waals surface area contributed by atoms with Crippen molar-refractivity contribution in [2.24, 2.45) is 11.8 Å². The van der Waals surface area contributed by atoms with Crippen LogP contribution in [0.15, 0.2) is 0 Å². The van der Waals surface area contributed by atoms with E-state index in [2.05, 4.69) is 9.47 Å². The number of hydrogen-bond acceptors (Lipinski definition) is 3. The third kappa shape index (κ3) is 4.64. The molecule has 2 aliphatic rings. The van der Waals surface area contributed by atoms with Crippen molar-refractivity contribution >= 4 is 0 Å². The van der Waals surface area contributed by atoms with Gasteiger partial charge in [-0.3, -0.25) is 4.90 Å². The Morgan fingerprint density at radius 1 is 0.786 bits per heavy atom. The lowest BCUT2D eigenvalue weighted by molar-refractivity contribution is -0.323. The minimum absolute atomic E-state index is 0.225. The molecule has 2 heterocycles. The molecule has 0 radical (unpaired) electrons. The van der Waals surface area contributed by atoms with E-state index >= 15 is 0 Å². The topological polar surface area (TPSA) is 21.7 Å². The van der Waals surface area contributed by atoms with Crippen LogP contribution in [0.5, 0.6) is 0 Å². The highest BCUT2D eigenvalue weighted by Crippen LogP contribution is 2.47. The summed E-state index contributed by atoms with van der Waals surface area (Å²) < 4.78 is 156. The van der Waals surface area contributed by atoms with Crippen molar-refractivity contribution in [3.05, 3.63) is 0 Å². The predicted molar refractivity (Wildman–Crippen MR) is 70.6 cm³/mol. The lowest BCUT2D eigenvalue weighted by atomic mass is 9.86. The zero-order valence-corrected chi connectivity index (χ0v) is 14.0. The van der Waals surface area contributed by atoms with Crippen molar-refractivity contribution in [2.75, 3.05) is 32.9 Å². The summed E-state index contributed by atoms with van der Waals surface area (Å²) in [7, 11) is 0. The molecule has 2 saturated heterocycles. The molecule has 3 nitrogen and oxygen atoms in total. The van der Waals surface area contributed by atoms with Crippen molar-refractivity contribution in [2.45, 2.75) is 43.0 Å². The smallest absolute Gasteiger partial charge is 0.376 e. The molecule has 0 aliphatic carbocycles. The first kappa shape index (κ1) is 23.4. The van der Waals surface area contributed by atoms with Crippen molar-refractivity contribution in [3.63, 3.8) is 0 Å². The number of piperidine rings is 1. The highest BCUT2D eigenvalue weighted by Gasteiger charge is 2.69. The first-order valence-electron chi connectivity index (χ1n) is 8.05. The molecule has 5 unspecified atom stereocenters. The average Bonchev–Trinajstić information content (AvgIpc) is 2.58. The van der Waals surface area contributed by atoms with E-state index in [1.54, 1.807) is 0 Å². The number of rotatable bonds is 3. The lowest BCUT2D eigenvalue weighted by Crippen LogP contribution is -2.67. The molecular weight excluding hydrogens is 423 g/mol. The summed E-state index contributed by atoms with van der Waals surface area (Å²) in [5, 5.41) is 0. The van der Waals surface area contributed by atoms with E-state index in [1.165, 1.54) is 0 Å². The molecule has 0 aromatic rings. The SMILES string of the molecule is FC(N1CC(C(F)(F)F)CC(C(F)(F)F)C1)C(F)(C1COCCO1)C(F)(F)F. The molecule has 0 aromatic heterocycles. The Hall–Kier alpha value is -0.890. The van der Waals surface area contributed by atoms with Crippen LogP contribution >= 0.6 is 0 Å². The molecule has 28 heavy (non-hydrogen) atoms. The van der Waals surface area contributed by atoms with Crippen molar-refractivity contribution < 1.29 is 57.8 Å². The summed E-state index contributed by atoms with van der Waals surface area (Å²) in [6.45, 7) is -4.93. The van der Waals surface area contributed by atoms with Crippen LogP contribution in [0, 0.1) is 11.8 Å². The molecule has 2 fully saturated rings. The van der Waals surface area contributed by atoms with Gasteiger partial charge in [0.1, 0.15) is 6.10 Å². The van der Waals surface area contributed by atoms with Crippen molar-refractivity contribution in [1.82, 2.24) is 4.90 Å². The maximum atomic E-state index is 14.9. The fourth-order valence-corrected chi connectivity index (χ4v) is 3.26. The minimum atomic E-state index is -5.98. The quantitative estimate of drug-likeness (QED) is 0.490. The van der Waals surface area contributed by atoms with E-state index in [-0.39, 0.29) is 6.61 Å². The second-order valence-electron chi connectivity index (χ2n) is 6.70. The molecule has 2 aliphatic heterocycles. The van der Waals surface area contributed by atoms with Crippen LogP contribution in [0.2, 0.25) is 0 Å². The number of likely N-dealkylation sites (tertiary alicyclic amines) is 1. The summed E-state index contributed by atoms with van der Waals surface area (Å²) in [6, 6.07) is 0. The Morgan fingerprint density at radius 2 is 1.29 bits per heavy atom. The normalized spacial score (nSPS) is 32.0. The van der Waals surface area contributed by atoms with Gasteiger partial charge in [0.25, 0.3) is 5.67 Å². The molecule has 2 rings (SSSR count). The van der Waals surface area contributed by atoms with Crippen LogP contribution in [0.4, 0.5) is 48.3 Å². The Labute approximate surface area is 151 Å². The van der Waals surface area contributed by atoms with Gasteiger partial charge in [0.2, 0.25) is 0 Å². The van der Waals surface area contributed by atoms with E-state index in [0.29, 0.717) is 0 Å². The van der Waals surface area contributed by atoms with Gasteiger partial charge in [-0.05, 0) is 6.42 Å². The number of hydrogen-bond donors (Lipinski definition) is 0. The summed E-state index contributed by atoms with van der Waals surface area (Å²) in [6.07, 6.45) is -24.4. The largest absolute Gasteiger partial charge is 0.429 e. The van der Waals surface area contributed by atoms with Crippen LogP contribution in [0.25, 0.3) is 0 Å². The van der Waals surface area contributed by atoms with Crippen LogP contribution < -0.4 is 0 Å². The van der Waals surface area contributed by atoms with Crippen molar-refractivity contribution in [3.8, 4) is 0 Å². The van der Waals surface area contributed by atoms with Crippen LogP contribution in [-0.4, -0.2) is 74.4 Å². The van der Waals surface area contributed by atoms with Gasteiger partial charge in [0.05, 0.1) is 31.7 Å². The monoisotopic (exact) mass is 439 g/mol. The van der Waals surface area contributed by atoms with E-state index in [4.69, 9.17) is 0 Å². The second-order valence-corrected chi connectivity index (χ2v) is 6.70. The molecule has 0 amide bonds. The van der Waals surface area contributed by atoms with E-state index in [0.717, 1.165) is 0 Å². The fraction of sp³-hybridized carbons (Fsp3) is 1.00. The summed E-state index contributed by atoms with van der Waals surface area (Å²) in [5.41, 5.74) is -4.88. The van der Waals surface area contributed by atoms with Gasteiger partial charge in [-0.25, -0.2) is 8.78 Å². The Morgan fingerprint density at radius 3 is 1.64 bits per heavy atom. The van der Waals surface area contributed by atoms with Gasteiger partial charge in [-0.1, -0.05) is 0 Å². The molecule has 0 bridgehead atoms. The Bertz CT molecular complexity index is 507. The maximum Gasteiger partial charge on any atom is 0.429 e. The van der Waals surface area contributed by atoms with Gasteiger partial charge < -0.3 is 9.47 Å². The number of alkyl halides is 11. The van der Waals surface area contributed by atoms with Gasteiger partial charge >= 0.3 is 18.5 Å². The van der Waals surface area contributed by atoms with Gasteiger partial charge in [-0.2, -0.15) is 39.5 Å². The minimum Gasteiger partial charge on any atom is -0.376 e. The van der Waals surface area contributed by atoms with Gasteiger partial charge in [-0.15, -0.1) is 0 Å². The molecule has 0 saturated carbocycles. The first-order valence-corrected chi connectivity index (χ1v) is 8.05. The van der Waals surface area contributed by atoms with Crippen molar-refractivity contribution in [1.29, 1.82) is 0 Å². The summed E-state index contributed by atoms with van der Waals surface area (Å²) in [5.74, 6) is -5.54. The summed E-state index contributed by atoms with van der Waals surface area (Å²) >= 11 is 0. The Balaban J connectivity index is 2.37. The highest BCUT2D eigenvalue weighted by atomic mass is 19.4. The standard InChI is InChI=1S/C14H16F11NO2/c15-10(11(16,14(23,24)25)9-6-27-1-2-28-9)26-4-7(12(17,18)19)3-8(5-26)13(20,21)22/h7-10H,1-6H2. The summed E-state index contributed by atoms with van der Waals surface area (Å²) in [4.78, 5) is -0.398. The molecule has 0 spiro atoms. The molecular formula is C14H16F11NO2. The van der Waals surface area contributed by atoms with E-state index < -0.39 is 86.1 Å². The Kier molecular flexibility index (Phi) is 6.47. The molecule has 0 aromatic carbocycles. The number of ether oxygens (including phenoxy) is 2. The van der Waals surface area contributed by atoms with Crippen LogP contribution in [0.3, 0.4) is 0 Å². The maximum absolute atomic E-state index is 14.9. The molecule has 5 atom stereocenters. The van der Waals surface area contributed by atoms with E-state index in [1.807, 2.05) is 0 Å².